The lowest BCUT2D eigenvalue weighted by Crippen LogP contribution is -2.22. The molecular weight excluding hydrogens is 451 g/mol. The standard InChI is InChI=1S/C21H22N4O.HI/c1-16-7-9-19(10-8-16)25-21(22)24-14-18-11-12-23-20(13-18)26-15-17-5-3-2-4-6-17;/h2-13H,14-15H2,1H3,(H3,22,24,25);1H. The minimum Gasteiger partial charge on any atom is -0.473 e. The molecule has 27 heavy (non-hydrogen) atoms. The summed E-state index contributed by atoms with van der Waals surface area (Å²) in [7, 11) is 0. The maximum atomic E-state index is 5.96. The monoisotopic (exact) mass is 474 g/mol. The Bertz CT molecular complexity index is 867. The smallest absolute Gasteiger partial charge is 0.213 e. The number of nitrogens with two attached hydrogens (primary N) is 1. The molecule has 0 fully saturated rings. The number of aromatic nitrogens is 1. The zero-order valence-corrected chi connectivity index (χ0v) is 17.5. The lowest BCUT2D eigenvalue weighted by Gasteiger charge is -2.08. The van der Waals surface area contributed by atoms with Crippen molar-refractivity contribution in [2.45, 2.75) is 20.1 Å². The summed E-state index contributed by atoms with van der Waals surface area (Å²) in [5.41, 5.74) is 10.2. The lowest BCUT2D eigenvalue weighted by molar-refractivity contribution is 0.293. The molecule has 0 saturated heterocycles. The second kappa shape index (κ2) is 10.5. The number of anilines is 1. The van der Waals surface area contributed by atoms with Gasteiger partial charge in [0, 0.05) is 18.0 Å². The maximum Gasteiger partial charge on any atom is 0.213 e. The van der Waals surface area contributed by atoms with Gasteiger partial charge in [0.15, 0.2) is 5.96 Å². The van der Waals surface area contributed by atoms with Gasteiger partial charge in [0.1, 0.15) is 6.61 Å². The third kappa shape index (κ3) is 6.90. The average Bonchev–Trinajstić information content (AvgIpc) is 2.68. The second-order valence-corrected chi connectivity index (χ2v) is 5.97. The van der Waals surface area contributed by atoms with E-state index in [9.17, 15) is 0 Å². The quantitative estimate of drug-likeness (QED) is 0.313. The zero-order valence-electron chi connectivity index (χ0n) is 15.1. The predicted octanol–water partition coefficient (Wildman–Crippen LogP) is 4.51. The number of halogens is 1. The number of aryl methyl sites for hydroxylation is 1. The van der Waals surface area contributed by atoms with Crippen LogP contribution in [-0.4, -0.2) is 10.9 Å². The van der Waals surface area contributed by atoms with Crippen LogP contribution < -0.4 is 15.8 Å². The minimum atomic E-state index is 0. The second-order valence-electron chi connectivity index (χ2n) is 5.97. The van der Waals surface area contributed by atoms with E-state index in [0.29, 0.717) is 25.0 Å². The van der Waals surface area contributed by atoms with Crippen LogP contribution in [0.5, 0.6) is 5.88 Å². The first-order valence-electron chi connectivity index (χ1n) is 8.44. The number of hydrogen-bond donors (Lipinski definition) is 2. The molecule has 0 atom stereocenters. The molecule has 0 saturated carbocycles. The number of hydrogen-bond acceptors (Lipinski definition) is 3. The fourth-order valence-corrected chi connectivity index (χ4v) is 2.36. The number of aliphatic imine (C=N–C) groups is 1. The van der Waals surface area contributed by atoms with Crippen molar-refractivity contribution >= 4 is 35.6 Å². The Morgan fingerprint density at radius 2 is 1.78 bits per heavy atom. The molecule has 1 aromatic heterocycles. The third-order valence-electron chi connectivity index (χ3n) is 3.78. The van der Waals surface area contributed by atoms with E-state index in [1.54, 1.807) is 6.20 Å². The third-order valence-corrected chi connectivity index (χ3v) is 3.78. The van der Waals surface area contributed by atoms with Gasteiger partial charge >= 0.3 is 0 Å². The van der Waals surface area contributed by atoms with Gasteiger partial charge < -0.3 is 15.8 Å². The van der Waals surface area contributed by atoms with Crippen LogP contribution >= 0.6 is 24.0 Å². The Balaban J connectivity index is 0.00000261. The van der Waals surface area contributed by atoms with Crippen LogP contribution in [0.3, 0.4) is 0 Å². The van der Waals surface area contributed by atoms with Crippen molar-refractivity contribution < 1.29 is 4.74 Å². The van der Waals surface area contributed by atoms with Gasteiger partial charge in [0.2, 0.25) is 5.88 Å². The van der Waals surface area contributed by atoms with Crippen molar-refractivity contribution in [2.24, 2.45) is 10.7 Å². The van der Waals surface area contributed by atoms with Crippen LogP contribution in [0, 0.1) is 6.92 Å². The van der Waals surface area contributed by atoms with Crippen molar-refractivity contribution in [1.29, 1.82) is 0 Å². The van der Waals surface area contributed by atoms with E-state index >= 15 is 0 Å². The number of guanidine groups is 1. The van der Waals surface area contributed by atoms with Crippen LogP contribution in [0.2, 0.25) is 0 Å². The molecular formula is C21H23IN4O. The highest BCUT2D eigenvalue weighted by atomic mass is 127. The highest BCUT2D eigenvalue weighted by Gasteiger charge is 2.00. The van der Waals surface area contributed by atoms with E-state index in [1.807, 2.05) is 73.7 Å². The van der Waals surface area contributed by atoms with Crippen molar-refractivity contribution in [2.75, 3.05) is 5.32 Å². The van der Waals surface area contributed by atoms with Gasteiger partial charge in [-0.15, -0.1) is 24.0 Å². The summed E-state index contributed by atoms with van der Waals surface area (Å²) in [5, 5.41) is 3.08. The summed E-state index contributed by atoms with van der Waals surface area (Å²) in [4.78, 5) is 8.61. The van der Waals surface area contributed by atoms with E-state index in [1.165, 1.54) is 5.56 Å². The summed E-state index contributed by atoms with van der Waals surface area (Å²) >= 11 is 0. The topological polar surface area (TPSA) is 72.5 Å². The molecule has 0 aliphatic rings. The summed E-state index contributed by atoms with van der Waals surface area (Å²) < 4.78 is 5.74. The van der Waals surface area contributed by atoms with E-state index in [-0.39, 0.29) is 24.0 Å². The van der Waals surface area contributed by atoms with Gasteiger partial charge in [-0.1, -0.05) is 48.0 Å². The molecule has 3 aromatic rings. The number of rotatable bonds is 6. The van der Waals surface area contributed by atoms with E-state index in [2.05, 4.69) is 15.3 Å². The summed E-state index contributed by atoms with van der Waals surface area (Å²) in [6, 6.07) is 21.8. The number of nitrogens with one attached hydrogen (secondary N) is 1. The first-order chi connectivity index (χ1) is 12.7. The highest BCUT2D eigenvalue weighted by molar-refractivity contribution is 14.0. The number of nitrogens with zero attached hydrogens (tertiary/aromatic N) is 2. The predicted molar refractivity (Wildman–Crippen MR) is 121 cm³/mol. The summed E-state index contributed by atoms with van der Waals surface area (Å²) in [5.74, 6) is 0.948. The van der Waals surface area contributed by atoms with Crippen molar-refractivity contribution in [3.63, 3.8) is 0 Å². The van der Waals surface area contributed by atoms with E-state index in [0.717, 1.165) is 16.8 Å². The SMILES string of the molecule is Cc1ccc(NC(N)=NCc2ccnc(OCc3ccccc3)c2)cc1.I. The molecule has 5 nitrogen and oxygen atoms in total. The van der Waals surface area contributed by atoms with Gasteiger partial charge in [0.25, 0.3) is 0 Å². The molecule has 3 N–H and O–H groups in total. The number of benzene rings is 2. The largest absolute Gasteiger partial charge is 0.473 e. The summed E-state index contributed by atoms with van der Waals surface area (Å²) in [6.07, 6.45) is 1.72. The molecule has 2 aromatic carbocycles. The molecule has 140 valence electrons. The molecule has 3 rings (SSSR count). The molecule has 6 heteroatoms. The van der Waals surface area contributed by atoms with Crippen LogP contribution in [0.25, 0.3) is 0 Å². The molecule has 0 aliphatic heterocycles. The number of pyridine rings is 1. The van der Waals surface area contributed by atoms with Gasteiger partial charge in [-0.25, -0.2) is 9.98 Å². The van der Waals surface area contributed by atoms with Crippen LogP contribution in [0.15, 0.2) is 77.9 Å². The molecule has 0 radical (unpaired) electrons. The fourth-order valence-electron chi connectivity index (χ4n) is 2.36. The highest BCUT2D eigenvalue weighted by Crippen LogP contribution is 2.13. The number of ether oxygens (including phenoxy) is 1. The summed E-state index contributed by atoms with van der Waals surface area (Å²) in [6.45, 7) is 2.98. The molecule has 0 spiro atoms. The normalized spacial score (nSPS) is 10.8. The first-order valence-corrected chi connectivity index (χ1v) is 8.44. The Morgan fingerprint density at radius 1 is 1.04 bits per heavy atom. The average molecular weight is 474 g/mol. The molecule has 1 heterocycles. The maximum absolute atomic E-state index is 5.96. The molecule has 0 unspecified atom stereocenters. The van der Waals surface area contributed by atoms with Gasteiger partial charge in [-0.05, 0) is 36.2 Å². The van der Waals surface area contributed by atoms with Crippen molar-refractivity contribution in [3.05, 3.63) is 89.6 Å². The lowest BCUT2D eigenvalue weighted by atomic mass is 10.2. The van der Waals surface area contributed by atoms with Gasteiger partial charge in [-0.2, -0.15) is 0 Å². The molecule has 0 aliphatic carbocycles. The fraction of sp³-hybridized carbons (Fsp3) is 0.143. The molecule has 0 bridgehead atoms. The van der Waals surface area contributed by atoms with E-state index in [4.69, 9.17) is 10.5 Å². The first kappa shape index (κ1) is 20.7. The van der Waals surface area contributed by atoms with Gasteiger partial charge in [-0.3, -0.25) is 0 Å². The zero-order chi connectivity index (χ0) is 18.2. The van der Waals surface area contributed by atoms with Crippen molar-refractivity contribution in [3.8, 4) is 5.88 Å². The van der Waals surface area contributed by atoms with Gasteiger partial charge in [0.05, 0.1) is 6.54 Å². The van der Waals surface area contributed by atoms with Crippen LogP contribution in [0.4, 0.5) is 5.69 Å². The Labute approximate surface area is 176 Å². The van der Waals surface area contributed by atoms with Crippen LogP contribution in [-0.2, 0) is 13.2 Å². The Hall–Kier alpha value is -2.61. The Kier molecular flexibility index (Phi) is 8.06. The Morgan fingerprint density at radius 3 is 2.52 bits per heavy atom. The minimum absolute atomic E-state index is 0. The molecule has 0 amide bonds. The van der Waals surface area contributed by atoms with Crippen LogP contribution in [0.1, 0.15) is 16.7 Å². The van der Waals surface area contributed by atoms with E-state index < -0.39 is 0 Å². The van der Waals surface area contributed by atoms with Crippen molar-refractivity contribution in [1.82, 2.24) is 4.98 Å².